The summed E-state index contributed by atoms with van der Waals surface area (Å²) in [5, 5.41) is 9.79. The number of ether oxygens (including phenoxy) is 1. The normalized spacial score (nSPS) is 13.9. The van der Waals surface area contributed by atoms with Crippen LogP contribution in [0.15, 0.2) is 0 Å². The first-order chi connectivity index (χ1) is 12.2. The number of methoxy groups -OCH3 is 1. The lowest BCUT2D eigenvalue weighted by molar-refractivity contribution is 0.0656. The fourth-order valence-corrected chi connectivity index (χ4v) is 4.29. The van der Waals surface area contributed by atoms with Gasteiger partial charge in [-0.05, 0) is 6.42 Å². The number of aliphatic hydroxyl groups excluding tert-OH is 1. The van der Waals surface area contributed by atoms with E-state index in [9.17, 15) is 0 Å². The minimum absolute atomic E-state index is 0.00351. The van der Waals surface area contributed by atoms with Crippen LogP contribution in [0.4, 0.5) is 0 Å². The zero-order valence-corrected chi connectivity index (χ0v) is 18.3. The molecule has 0 saturated carbocycles. The van der Waals surface area contributed by atoms with Gasteiger partial charge < -0.3 is 9.84 Å². The van der Waals surface area contributed by atoms with Crippen molar-refractivity contribution in [2.45, 2.75) is 122 Å². The standard InChI is InChI=1S/C22H46O2S/c1-4-5-6-7-8-9-10-11-12-13-14-15-16-17-18-21(2)25-20-22(19-23)24-3/h21-23H,4-20H2,1-3H3. The Hall–Kier alpha value is 0.270. The number of unbranched alkanes of at least 4 members (excludes halogenated alkanes) is 13. The molecule has 0 rings (SSSR count). The second-order valence-electron chi connectivity index (χ2n) is 7.57. The Morgan fingerprint density at radius 3 is 1.60 bits per heavy atom. The summed E-state index contributed by atoms with van der Waals surface area (Å²) in [6, 6.07) is 0. The van der Waals surface area contributed by atoms with Crippen LogP contribution >= 0.6 is 11.8 Å². The van der Waals surface area contributed by atoms with Gasteiger partial charge in [-0.25, -0.2) is 0 Å². The van der Waals surface area contributed by atoms with E-state index in [0.717, 1.165) is 5.75 Å². The van der Waals surface area contributed by atoms with Crippen LogP contribution < -0.4 is 0 Å². The van der Waals surface area contributed by atoms with Crippen LogP contribution in [-0.4, -0.2) is 35.9 Å². The molecule has 1 N–H and O–H groups in total. The SMILES string of the molecule is CCCCCCCCCCCCCCCCC(C)SCC(CO)OC. The predicted molar refractivity (Wildman–Crippen MR) is 115 cm³/mol. The van der Waals surface area contributed by atoms with Crippen molar-refractivity contribution >= 4 is 11.8 Å². The minimum Gasteiger partial charge on any atom is -0.394 e. The van der Waals surface area contributed by atoms with Gasteiger partial charge in [0.1, 0.15) is 0 Å². The van der Waals surface area contributed by atoms with E-state index in [4.69, 9.17) is 9.84 Å². The Labute approximate surface area is 162 Å². The summed E-state index contributed by atoms with van der Waals surface area (Å²) in [4.78, 5) is 0. The summed E-state index contributed by atoms with van der Waals surface area (Å²) >= 11 is 1.93. The summed E-state index contributed by atoms with van der Waals surface area (Å²) in [6.07, 6.45) is 21.3. The second-order valence-corrected chi connectivity index (χ2v) is 9.04. The minimum atomic E-state index is 0.00351. The van der Waals surface area contributed by atoms with E-state index in [0.29, 0.717) is 5.25 Å². The number of hydrogen-bond donors (Lipinski definition) is 1. The summed E-state index contributed by atoms with van der Waals surface area (Å²) in [5.41, 5.74) is 0. The number of thioether (sulfide) groups is 1. The van der Waals surface area contributed by atoms with Crippen LogP contribution in [0.2, 0.25) is 0 Å². The van der Waals surface area contributed by atoms with Crippen molar-refractivity contribution in [1.29, 1.82) is 0 Å². The second kappa shape index (κ2) is 20.6. The summed E-state index contributed by atoms with van der Waals surface area (Å²) < 4.78 is 5.21. The lowest BCUT2D eigenvalue weighted by Gasteiger charge is -2.15. The molecule has 0 aliphatic carbocycles. The quantitative estimate of drug-likeness (QED) is 0.233. The van der Waals surface area contributed by atoms with Crippen LogP contribution in [0.25, 0.3) is 0 Å². The molecule has 0 amide bonds. The van der Waals surface area contributed by atoms with Gasteiger partial charge in [0.2, 0.25) is 0 Å². The van der Waals surface area contributed by atoms with Crippen LogP contribution in [0.5, 0.6) is 0 Å². The molecule has 2 atom stereocenters. The highest BCUT2D eigenvalue weighted by molar-refractivity contribution is 7.99. The van der Waals surface area contributed by atoms with Crippen molar-refractivity contribution in [2.75, 3.05) is 19.5 Å². The third-order valence-corrected chi connectivity index (χ3v) is 6.44. The molecule has 0 spiro atoms. The van der Waals surface area contributed by atoms with Gasteiger partial charge in [-0.1, -0.05) is 104 Å². The molecule has 0 aromatic rings. The third kappa shape index (κ3) is 18.8. The Morgan fingerprint density at radius 1 is 0.760 bits per heavy atom. The van der Waals surface area contributed by atoms with Crippen LogP contribution in [0.3, 0.4) is 0 Å². The predicted octanol–water partition coefficient (Wildman–Crippen LogP) is 6.99. The van der Waals surface area contributed by atoms with E-state index in [2.05, 4.69) is 13.8 Å². The Balaban J connectivity index is 3.18. The molecule has 0 aliphatic rings. The highest BCUT2D eigenvalue weighted by Gasteiger charge is 2.09. The molecule has 2 nitrogen and oxygen atoms in total. The van der Waals surface area contributed by atoms with Crippen molar-refractivity contribution in [2.24, 2.45) is 0 Å². The number of rotatable bonds is 20. The van der Waals surface area contributed by atoms with Crippen LogP contribution in [-0.2, 0) is 4.74 Å². The van der Waals surface area contributed by atoms with E-state index in [1.54, 1.807) is 7.11 Å². The largest absolute Gasteiger partial charge is 0.394 e. The first-order valence-corrected chi connectivity index (χ1v) is 12.0. The molecule has 0 aliphatic heterocycles. The molecule has 25 heavy (non-hydrogen) atoms. The van der Waals surface area contributed by atoms with Crippen LogP contribution in [0, 0.1) is 0 Å². The maximum absolute atomic E-state index is 9.11. The molecule has 0 aromatic carbocycles. The van der Waals surface area contributed by atoms with Gasteiger partial charge in [-0.2, -0.15) is 11.8 Å². The monoisotopic (exact) mass is 374 g/mol. The third-order valence-electron chi connectivity index (χ3n) is 5.07. The Bertz CT molecular complexity index is 244. The molecule has 0 radical (unpaired) electrons. The highest BCUT2D eigenvalue weighted by Crippen LogP contribution is 2.20. The molecule has 0 fully saturated rings. The fourth-order valence-electron chi connectivity index (χ4n) is 3.18. The number of hydrogen-bond acceptors (Lipinski definition) is 3. The van der Waals surface area contributed by atoms with E-state index in [1.165, 1.54) is 96.3 Å². The lowest BCUT2D eigenvalue weighted by Crippen LogP contribution is -2.19. The van der Waals surface area contributed by atoms with Gasteiger partial charge in [0.05, 0.1) is 12.7 Å². The Kier molecular flexibility index (Phi) is 20.8. The van der Waals surface area contributed by atoms with Crippen molar-refractivity contribution in [3.63, 3.8) is 0 Å². The number of aliphatic hydroxyl groups is 1. The van der Waals surface area contributed by atoms with Gasteiger partial charge in [0, 0.05) is 18.1 Å². The van der Waals surface area contributed by atoms with Gasteiger partial charge in [0.15, 0.2) is 0 Å². The van der Waals surface area contributed by atoms with Gasteiger partial charge in [0.25, 0.3) is 0 Å². The van der Waals surface area contributed by atoms with Crippen molar-refractivity contribution in [3.05, 3.63) is 0 Å². The van der Waals surface area contributed by atoms with Gasteiger partial charge in [-0.15, -0.1) is 0 Å². The highest BCUT2D eigenvalue weighted by atomic mass is 32.2. The average molecular weight is 375 g/mol. The Morgan fingerprint density at radius 2 is 1.20 bits per heavy atom. The van der Waals surface area contributed by atoms with Crippen molar-refractivity contribution in [3.8, 4) is 0 Å². The summed E-state index contributed by atoms with van der Waals surface area (Å²) in [7, 11) is 1.68. The zero-order chi connectivity index (χ0) is 18.6. The smallest absolute Gasteiger partial charge is 0.0892 e. The maximum Gasteiger partial charge on any atom is 0.0892 e. The lowest BCUT2D eigenvalue weighted by atomic mass is 10.0. The molecule has 0 saturated heterocycles. The van der Waals surface area contributed by atoms with E-state index in [1.807, 2.05) is 11.8 Å². The molecule has 152 valence electrons. The van der Waals surface area contributed by atoms with Gasteiger partial charge >= 0.3 is 0 Å². The first-order valence-electron chi connectivity index (χ1n) is 11.0. The zero-order valence-electron chi connectivity index (χ0n) is 17.4. The summed E-state index contributed by atoms with van der Waals surface area (Å²) in [5.74, 6) is 0.909. The maximum atomic E-state index is 9.11. The van der Waals surface area contributed by atoms with Crippen molar-refractivity contribution in [1.82, 2.24) is 0 Å². The molecular weight excluding hydrogens is 328 g/mol. The molecule has 3 heteroatoms. The fraction of sp³-hybridized carbons (Fsp3) is 1.00. The summed E-state index contributed by atoms with van der Waals surface area (Å²) in [6.45, 7) is 4.72. The molecular formula is C22H46O2S. The van der Waals surface area contributed by atoms with E-state index in [-0.39, 0.29) is 12.7 Å². The van der Waals surface area contributed by atoms with E-state index >= 15 is 0 Å². The van der Waals surface area contributed by atoms with E-state index < -0.39 is 0 Å². The van der Waals surface area contributed by atoms with Crippen molar-refractivity contribution < 1.29 is 9.84 Å². The van der Waals surface area contributed by atoms with Gasteiger partial charge in [-0.3, -0.25) is 0 Å². The topological polar surface area (TPSA) is 29.5 Å². The average Bonchev–Trinajstić information content (AvgIpc) is 2.62. The first kappa shape index (κ1) is 25.3. The molecule has 2 unspecified atom stereocenters. The molecule has 0 bridgehead atoms. The molecule has 0 aromatic heterocycles. The molecule has 0 heterocycles. The van der Waals surface area contributed by atoms with Crippen LogP contribution in [0.1, 0.15) is 110 Å².